The number of halogens is 2. The molecule has 0 bridgehead atoms. The average Bonchev–Trinajstić information content (AvgIpc) is 2.56. The van der Waals surface area contributed by atoms with E-state index in [1.807, 2.05) is 0 Å². The maximum absolute atomic E-state index is 13.2. The molecule has 0 radical (unpaired) electrons. The second-order valence-corrected chi connectivity index (χ2v) is 4.49. The summed E-state index contributed by atoms with van der Waals surface area (Å²) in [5, 5.41) is 2.79. The van der Waals surface area contributed by atoms with Crippen molar-refractivity contribution in [1.29, 1.82) is 0 Å². The fraction of sp³-hybridized carbons (Fsp3) is 0. The van der Waals surface area contributed by atoms with Crippen molar-refractivity contribution >= 4 is 17.2 Å². The van der Waals surface area contributed by atoms with Gasteiger partial charge in [-0.3, -0.25) is 4.98 Å². The van der Waals surface area contributed by atoms with E-state index in [4.69, 9.17) is 10.5 Å². The van der Waals surface area contributed by atoms with Gasteiger partial charge in [0.1, 0.15) is 17.8 Å². The number of nitrogens with zero attached hydrogens (tertiary/aromatic N) is 3. The molecule has 0 aliphatic rings. The molecule has 0 atom stereocenters. The first kappa shape index (κ1) is 14.6. The number of anilines is 3. The number of hydrogen-bond acceptors (Lipinski definition) is 6. The molecule has 6 nitrogen and oxygen atoms in total. The molecule has 3 N–H and O–H groups in total. The van der Waals surface area contributed by atoms with Crippen molar-refractivity contribution in [2.45, 2.75) is 0 Å². The van der Waals surface area contributed by atoms with Crippen LogP contribution >= 0.6 is 0 Å². The van der Waals surface area contributed by atoms with Gasteiger partial charge in [0.15, 0.2) is 17.5 Å². The Kier molecular flexibility index (Phi) is 3.96. The number of rotatable bonds is 4. The van der Waals surface area contributed by atoms with Crippen molar-refractivity contribution in [2.24, 2.45) is 0 Å². The number of ether oxygens (including phenoxy) is 1. The zero-order chi connectivity index (χ0) is 16.2. The van der Waals surface area contributed by atoms with Crippen LogP contribution in [-0.2, 0) is 0 Å². The monoisotopic (exact) mass is 315 g/mol. The molecule has 3 rings (SSSR count). The molecule has 0 unspecified atom stereocenters. The fourth-order valence-corrected chi connectivity index (χ4v) is 1.79. The summed E-state index contributed by atoms with van der Waals surface area (Å²) in [6, 6.07) is 6.76. The Labute approximate surface area is 130 Å². The van der Waals surface area contributed by atoms with Crippen LogP contribution in [0.5, 0.6) is 11.6 Å². The third-order valence-electron chi connectivity index (χ3n) is 2.88. The lowest BCUT2D eigenvalue weighted by Crippen LogP contribution is -2.03. The first-order chi connectivity index (χ1) is 11.1. The van der Waals surface area contributed by atoms with Crippen LogP contribution in [0.25, 0.3) is 0 Å². The maximum atomic E-state index is 13.2. The Morgan fingerprint density at radius 1 is 1.09 bits per heavy atom. The zero-order valence-electron chi connectivity index (χ0n) is 11.7. The number of nitrogens with two attached hydrogens (primary N) is 1. The highest BCUT2D eigenvalue weighted by Crippen LogP contribution is 2.30. The van der Waals surface area contributed by atoms with Crippen molar-refractivity contribution in [3.63, 3.8) is 0 Å². The number of hydrogen-bond donors (Lipinski definition) is 2. The third kappa shape index (κ3) is 3.31. The smallest absolute Gasteiger partial charge is 0.248 e. The number of pyridine rings is 1. The van der Waals surface area contributed by atoms with Crippen LogP contribution in [0.4, 0.5) is 26.0 Å². The molecule has 23 heavy (non-hydrogen) atoms. The van der Waals surface area contributed by atoms with Crippen molar-refractivity contribution in [3.8, 4) is 11.6 Å². The van der Waals surface area contributed by atoms with E-state index in [1.165, 1.54) is 18.6 Å². The largest absolute Gasteiger partial charge is 0.435 e. The van der Waals surface area contributed by atoms with Gasteiger partial charge in [-0.2, -0.15) is 4.98 Å². The van der Waals surface area contributed by atoms with Crippen molar-refractivity contribution in [3.05, 3.63) is 60.7 Å². The molecule has 116 valence electrons. The van der Waals surface area contributed by atoms with Gasteiger partial charge in [0.05, 0.1) is 6.20 Å². The van der Waals surface area contributed by atoms with E-state index >= 15 is 0 Å². The van der Waals surface area contributed by atoms with Gasteiger partial charge in [-0.05, 0) is 24.3 Å². The summed E-state index contributed by atoms with van der Waals surface area (Å²) in [5.74, 6) is -1.12. The second-order valence-electron chi connectivity index (χ2n) is 4.49. The summed E-state index contributed by atoms with van der Waals surface area (Å²) >= 11 is 0. The topological polar surface area (TPSA) is 86.0 Å². The Hall–Kier alpha value is -3.29. The normalized spacial score (nSPS) is 10.3. The molecule has 1 aromatic carbocycles. The molecule has 0 amide bonds. The molecule has 0 saturated heterocycles. The lowest BCUT2D eigenvalue weighted by atomic mass is 10.3. The van der Waals surface area contributed by atoms with E-state index in [0.717, 1.165) is 12.1 Å². The lowest BCUT2D eigenvalue weighted by Gasteiger charge is -2.11. The van der Waals surface area contributed by atoms with Crippen molar-refractivity contribution in [1.82, 2.24) is 15.0 Å². The Bertz CT molecular complexity index is 829. The number of aromatic nitrogens is 3. The van der Waals surface area contributed by atoms with Crippen LogP contribution in [-0.4, -0.2) is 15.0 Å². The van der Waals surface area contributed by atoms with Crippen molar-refractivity contribution in [2.75, 3.05) is 11.1 Å². The van der Waals surface area contributed by atoms with Crippen LogP contribution in [0.2, 0.25) is 0 Å². The molecule has 0 aliphatic carbocycles. The summed E-state index contributed by atoms with van der Waals surface area (Å²) in [7, 11) is 0. The van der Waals surface area contributed by atoms with E-state index in [9.17, 15) is 8.78 Å². The predicted octanol–water partition coefficient (Wildman–Crippen LogP) is 3.27. The third-order valence-corrected chi connectivity index (χ3v) is 2.88. The number of nitrogens with one attached hydrogen (secondary N) is 1. The highest BCUT2D eigenvalue weighted by atomic mass is 19.2. The van der Waals surface area contributed by atoms with Crippen LogP contribution in [0.1, 0.15) is 0 Å². The van der Waals surface area contributed by atoms with Gasteiger partial charge in [-0.25, -0.2) is 13.8 Å². The van der Waals surface area contributed by atoms with Gasteiger partial charge < -0.3 is 15.8 Å². The minimum absolute atomic E-state index is 0.123. The van der Waals surface area contributed by atoms with Crippen LogP contribution < -0.4 is 15.8 Å². The summed E-state index contributed by atoms with van der Waals surface area (Å²) in [6.45, 7) is 0. The van der Waals surface area contributed by atoms with E-state index in [2.05, 4.69) is 20.3 Å². The minimum Gasteiger partial charge on any atom is -0.435 e. The molecule has 3 aromatic rings. The van der Waals surface area contributed by atoms with Gasteiger partial charge in [-0.1, -0.05) is 0 Å². The number of benzene rings is 1. The SMILES string of the molecule is Nc1c(Nc2ccc(F)c(F)c2)ncnc1Oc1cccnc1. The summed E-state index contributed by atoms with van der Waals surface area (Å²) in [4.78, 5) is 11.8. The Balaban J connectivity index is 1.86. The second kappa shape index (κ2) is 6.22. The molecule has 0 aliphatic heterocycles. The van der Waals surface area contributed by atoms with E-state index in [1.54, 1.807) is 18.3 Å². The lowest BCUT2D eigenvalue weighted by molar-refractivity contribution is 0.462. The molecule has 8 heteroatoms. The van der Waals surface area contributed by atoms with E-state index in [0.29, 0.717) is 11.4 Å². The molecule has 0 spiro atoms. The molecular weight excluding hydrogens is 304 g/mol. The Morgan fingerprint density at radius 3 is 2.70 bits per heavy atom. The first-order valence-corrected chi connectivity index (χ1v) is 6.54. The summed E-state index contributed by atoms with van der Waals surface area (Å²) < 4.78 is 31.7. The Morgan fingerprint density at radius 2 is 1.96 bits per heavy atom. The van der Waals surface area contributed by atoms with Gasteiger partial charge in [0, 0.05) is 18.0 Å². The van der Waals surface area contributed by atoms with Crippen molar-refractivity contribution < 1.29 is 13.5 Å². The molecular formula is C15H11F2N5O. The molecule has 2 heterocycles. The summed E-state index contributed by atoms with van der Waals surface area (Å²) in [5.41, 5.74) is 6.37. The van der Waals surface area contributed by atoms with Gasteiger partial charge in [0.25, 0.3) is 0 Å². The molecule has 2 aromatic heterocycles. The van der Waals surface area contributed by atoms with Crippen LogP contribution in [0.15, 0.2) is 49.1 Å². The number of nitrogen functional groups attached to an aromatic ring is 1. The summed E-state index contributed by atoms with van der Waals surface area (Å²) in [6.07, 6.45) is 4.35. The molecule has 0 saturated carbocycles. The van der Waals surface area contributed by atoms with Crippen LogP contribution in [0.3, 0.4) is 0 Å². The quantitative estimate of drug-likeness (QED) is 0.768. The highest BCUT2D eigenvalue weighted by Gasteiger charge is 2.11. The minimum atomic E-state index is -0.977. The average molecular weight is 315 g/mol. The maximum Gasteiger partial charge on any atom is 0.248 e. The fourth-order valence-electron chi connectivity index (χ4n) is 1.79. The van der Waals surface area contributed by atoms with Gasteiger partial charge in [-0.15, -0.1) is 0 Å². The highest BCUT2D eigenvalue weighted by molar-refractivity contribution is 5.72. The standard InChI is InChI=1S/C15H11F2N5O/c16-11-4-3-9(6-12(11)17)22-14-13(18)15(21-8-20-14)23-10-2-1-5-19-7-10/h1-8H,18H2,(H,20,21,22). The predicted molar refractivity (Wildman–Crippen MR) is 80.4 cm³/mol. The van der Waals surface area contributed by atoms with Crippen LogP contribution in [0, 0.1) is 11.6 Å². The van der Waals surface area contributed by atoms with E-state index in [-0.39, 0.29) is 17.4 Å². The first-order valence-electron chi connectivity index (χ1n) is 6.54. The van der Waals surface area contributed by atoms with Gasteiger partial charge >= 0.3 is 0 Å². The molecule has 0 fully saturated rings. The van der Waals surface area contributed by atoms with E-state index < -0.39 is 11.6 Å². The van der Waals surface area contributed by atoms with Gasteiger partial charge in [0.2, 0.25) is 5.88 Å². The zero-order valence-corrected chi connectivity index (χ0v) is 11.7.